The summed E-state index contributed by atoms with van der Waals surface area (Å²) < 4.78 is 13.5. The van der Waals surface area contributed by atoms with Crippen molar-refractivity contribution < 1.29 is 9.18 Å². The first kappa shape index (κ1) is 16.6. The van der Waals surface area contributed by atoms with E-state index in [9.17, 15) is 9.18 Å². The highest BCUT2D eigenvalue weighted by Gasteiger charge is 2.16. The molecule has 2 aromatic rings. The predicted molar refractivity (Wildman–Crippen MR) is 86.1 cm³/mol. The molecule has 0 saturated carbocycles. The van der Waals surface area contributed by atoms with Gasteiger partial charge in [0.2, 0.25) is 0 Å². The average molecular weight is 321 g/mol. The number of aromatic nitrogens is 1. The van der Waals surface area contributed by atoms with Gasteiger partial charge in [0.15, 0.2) is 0 Å². The maximum absolute atomic E-state index is 13.5. The summed E-state index contributed by atoms with van der Waals surface area (Å²) in [7, 11) is 0. The minimum Gasteiger partial charge on any atom is -0.346 e. The van der Waals surface area contributed by atoms with Crippen LogP contribution >= 0.6 is 11.3 Å². The molecule has 0 aliphatic heterocycles. The Labute approximate surface area is 133 Å². The van der Waals surface area contributed by atoms with Crippen molar-refractivity contribution in [1.29, 1.82) is 0 Å². The topological polar surface area (TPSA) is 68.0 Å². The highest BCUT2D eigenvalue weighted by Crippen LogP contribution is 2.22. The molecule has 4 nitrogen and oxygen atoms in total. The fraction of sp³-hybridized carbons (Fsp3) is 0.375. The Hall–Kier alpha value is -1.79. The third kappa shape index (κ3) is 4.35. The first-order valence-corrected chi connectivity index (χ1v) is 8.08. The number of nitrogens with one attached hydrogen (secondary N) is 1. The number of halogens is 1. The molecule has 1 amide bonds. The molecule has 0 spiro atoms. The van der Waals surface area contributed by atoms with Gasteiger partial charge >= 0.3 is 0 Å². The maximum atomic E-state index is 13.5. The van der Waals surface area contributed by atoms with Crippen molar-refractivity contribution in [2.75, 3.05) is 0 Å². The number of nitrogens with two attached hydrogens (primary N) is 1. The van der Waals surface area contributed by atoms with Gasteiger partial charge in [-0.1, -0.05) is 32.0 Å². The zero-order chi connectivity index (χ0) is 16.1. The van der Waals surface area contributed by atoms with Crippen LogP contribution in [-0.2, 0) is 6.54 Å². The van der Waals surface area contributed by atoms with Gasteiger partial charge in [-0.2, -0.15) is 0 Å². The van der Waals surface area contributed by atoms with E-state index in [0.717, 1.165) is 11.4 Å². The Bertz CT molecular complexity index is 642. The van der Waals surface area contributed by atoms with Gasteiger partial charge in [0.25, 0.3) is 5.91 Å². The summed E-state index contributed by atoms with van der Waals surface area (Å²) in [5, 5.41) is 5.11. The molecule has 1 unspecified atom stereocenters. The summed E-state index contributed by atoms with van der Waals surface area (Å²) >= 11 is 1.38. The van der Waals surface area contributed by atoms with Crippen molar-refractivity contribution in [3.63, 3.8) is 0 Å². The third-order valence-electron chi connectivity index (χ3n) is 3.19. The van der Waals surface area contributed by atoms with Crippen LogP contribution in [0, 0.1) is 11.7 Å². The monoisotopic (exact) mass is 321 g/mol. The molecule has 22 heavy (non-hydrogen) atoms. The third-order valence-corrected chi connectivity index (χ3v) is 4.17. The molecule has 0 aliphatic carbocycles. The number of nitrogens with zero attached hydrogens (tertiary/aromatic N) is 1. The second kappa shape index (κ2) is 7.47. The number of benzene rings is 1. The van der Waals surface area contributed by atoms with Crippen LogP contribution in [0.1, 0.15) is 47.4 Å². The Morgan fingerprint density at radius 2 is 2.14 bits per heavy atom. The van der Waals surface area contributed by atoms with Crippen LogP contribution in [0.3, 0.4) is 0 Å². The van der Waals surface area contributed by atoms with E-state index in [2.05, 4.69) is 24.1 Å². The van der Waals surface area contributed by atoms with E-state index in [1.165, 1.54) is 17.4 Å². The summed E-state index contributed by atoms with van der Waals surface area (Å²) in [4.78, 5) is 16.3. The molecule has 1 aromatic heterocycles. The number of hydrogen-bond acceptors (Lipinski definition) is 4. The van der Waals surface area contributed by atoms with Crippen LogP contribution in [0.15, 0.2) is 29.6 Å². The van der Waals surface area contributed by atoms with Crippen molar-refractivity contribution in [2.24, 2.45) is 11.7 Å². The van der Waals surface area contributed by atoms with Crippen LogP contribution in [-0.4, -0.2) is 10.9 Å². The lowest BCUT2D eigenvalue weighted by molar-refractivity contribution is 0.0946. The van der Waals surface area contributed by atoms with Gasteiger partial charge in [-0.3, -0.25) is 4.79 Å². The number of carbonyl (C=O) groups excluding carboxylic acids is 1. The summed E-state index contributed by atoms with van der Waals surface area (Å²) in [5.41, 5.74) is 6.84. The first-order chi connectivity index (χ1) is 10.5. The molecule has 6 heteroatoms. The number of hydrogen-bond donors (Lipinski definition) is 2. The summed E-state index contributed by atoms with van der Waals surface area (Å²) in [6, 6.07) is 6.20. The number of carbonyl (C=O) groups is 1. The summed E-state index contributed by atoms with van der Waals surface area (Å²) in [6.07, 6.45) is 0.823. The number of rotatable bonds is 6. The zero-order valence-electron chi connectivity index (χ0n) is 12.7. The second-order valence-corrected chi connectivity index (χ2v) is 6.47. The van der Waals surface area contributed by atoms with Gasteiger partial charge < -0.3 is 11.1 Å². The van der Waals surface area contributed by atoms with Crippen molar-refractivity contribution in [3.05, 3.63) is 51.7 Å². The van der Waals surface area contributed by atoms with Gasteiger partial charge in [0.05, 0.1) is 6.04 Å². The largest absolute Gasteiger partial charge is 0.346 e. The molecule has 0 saturated heterocycles. The highest BCUT2D eigenvalue weighted by atomic mass is 32.1. The Morgan fingerprint density at radius 1 is 1.41 bits per heavy atom. The van der Waals surface area contributed by atoms with Gasteiger partial charge in [-0.05, 0) is 18.4 Å². The zero-order valence-corrected chi connectivity index (χ0v) is 13.5. The van der Waals surface area contributed by atoms with Crippen LogP contribution in [0.4, 0.5) is 4.39 Å². The standard InChI is InChI=1S/C16H20FN3OS/c1-10(2)7-13(18)16-20-14(9-22-16)15(21)19-8-11-5-3-4-6-12(11)17/h3-6,9-10,13H,7-8,18H2,1-2H3,(H,19,21). The minimum absolute atomic E-state index is 0.135. The quantitative estimate of drug-likeness (QED) is 0.858. The fourth-order valence-corrected chi connectivity index (χ4v) is 2.89. The molecule has 0 aliphatic rings. The molecule has 0 radical (unpaired) electrons. The summed E-state index contributed by atoms with van der Waals surface area (Å²) in [6.45, 7) is 4.32. The van der Waals surface area contributed by atoms with Crippen molar-refractivity contribution in [2.45, 2.75) is 32.9 Å². The van der Waals surface area contributed by atoms with Crippen LogP contribution < -0.4 is 11.1 Å². The molecule has 118 valence electrons. The van der Waals surface area contributed by atoms with Crippen molar-refractivity contribution in [3.8, 4) is 0 Å². The van der Waals surface area contributed by atoms with E-state index in [4.69, 9.17) is 5.73 Å². The normalized spacial score (nSPS) is 12.4. The molecule has 1 atom stereocenters. The lowest BCUT2D eigenvalue weighted by Gasteiger charge is -2.10. The minimum atomic E-state index is -0.333. The Kier molecular flexibility index (Phi) is 5.63. The fourth-order valence-electron chi connectivity index (χ4n) is 2.08. The van der Waals surface area contributed by atoms with E-state index in [-0.39, 0.29) is 24.3 Å². The maximum Gasteiger partial charge on any atom is 0.271 e. The SMILES string of the molecule is CC(C)CC(N)c1nc(C(=O)NCc2ccccc2F)cs1. The lowest BCUT2D eigenvalue weighted by atomic mass is 10.1. The average Bonchev–Trinajstić information content (AvgIpc) is 2.95. The first-order valence-electron chi connectivity index (χ1n) is 7.20. The second-order valence-electron chi connectivity index (χ2n) is 5.58. The van der Waals surface area contributed by atoms with Gasteiger partial charge in [-0.25, -0.2) is 9.37 Å². The van der Waals surface area contributed by atoms with Gasteiger partial charge in [0.1, 0.15) is 16.5 Å². The van der Waals surface area contributed by atoms with E-state index in [1.54, 1.807) is 23.6 Å². The Balaban J connectivity index is 1.96. The molecule has 1 heterocycles. The molecular formula is C16H20FN3OS. The molecule has 2 rings (SSSR count). The van der Waals surface area contributed by atoms with Crippen molar-refractivity contribution >= 4 is 17.2 Å². The summed E-state index contributed by atoms with van der Waals surface area (Å²) in [5.74, 6) is -0.180. The smallest absolute Gasteiger partial charge is 0.271 e. The lowest BCUT2D eigenvalue weighted by Crippen LogP contribution is -2.24. The molecule has 0 bridgehead atoms. The van der Waals surface area contributed by atoms with E-state index in [0.29, 0.717) is 17.2 Å². The van der Waals surface area contributed by atoms with E-state index < -0.39 is 0 Å². The molecule has 3 N–H and O–H groups in total. The van der Waals surface area contributed by atoms with Crippen LogP contribution in [0.5, 0.6) is 0 Å². The van der Waals surface area contributed by atoms with Crippen LogP contribution in [0.25, 0.3) is 0 Å². The number of amides is 1. The number of thiazole rings is 1. The molecule has 1 aromatic carbocycles. The van der Waals surface area contributed by atoms with Gasteiger partial charge in [0, 0.05) is 17.5 Å². The van der Waals surface area contributed by atoms with Crippen molar-refractivity contribution in [1.82, 2.24) is 10.3 Å². The molecular weight excluding hydrogens is 301 g/mol. The van der Waals surface area contributed by atoms with Crippen LogP contribution in [0.2, 0.25) is 0 Å². The van der Waals surface area contributed by atoms with E-state index >= 15 is 0 Å². The van der Waals surface area contributed by atoms with Gasteiger partial charge in [-0.15, -0.1) is 11.3 Å². The Morgan fingerprint density at radius 3 is 2.82 bits per heavy atom. The highest BCUT2D eigenvalue weighted by molar-refractivity contribution is 7.09. The molecule has 0 fully saturated rings. The van der Waals surface area contributed by atoms with E-state index in [1.807, 2.05) is 0 Å². The predicted octanol–water partition coefficient (Wildman–Crippen LogP) is 3.26.